The molecule has 1 aliphatic carbocycles. The number of nitrogens with one attached hydrogen (secondary N) is 1. The minimum Gasteiger partial charge on any atom is -0.356 e. The zero-order valence-corrected chi connectivity index (χ0v) is 16.8. The summed E-state index contributed by atoms with van der Waals surface area (Å²) in [6.45, 7) is 3.31. The Bertz CT molecular complexity index is 952. The van der Waals surface area contributed by atoms with E-state index < -0.39 is 11.9 Å². The van der Waals surface area contributed by atoms with Gasteiger partial charge in [0, 0.05) is 25.0 Å². The number of pyridine rings is 1. The van der Waals surface area contributed by atoms with E-state index in [0.717, 1.165) is 43.1 Å². The molecule has 1 aliphatic heterocycles. The van der Waals surface area contributed by atoms with Gasteiger partial charge in [-0.3, -0.25) is 9.59 Å². The van der Waals surface area contributed by atoms with Gasteiger partial charge in [0.15, 0.2) is 0 Å². The van der Waals surface area contributed by atoms with Crippen LogP contribution in [0.2, 0.25) is 0 Å². The van der Waals surface area contributed by atoms with Crippen molar-refractivity contribution >= 4 is 33.4 Å². The summed E-state index contributed by atoms with van der Waals surface area (Å²) in [5, 5.41) is 3.53. The molecule has 2 amide bonds. The van der Waals surface area contributed by atoms with Gasteiger partial charge in [-0.1, -0.05) is 0 Å². The van der Waals surface area contributed by atoms with Crippen molar-refractivity contribution in [3.05, 3.63) is 28.3 Å². The number of hydrogen-bond donors (Lipinski definition) is 1. The summed E-state index contributed by atoms with van der Waals surface area (Å²) in [6, 6.07) is 2.32. The van der Waals surface area contributed by atoms with E-state index in [0.29, 0.717) is 41.4 Å². The number of thiophene rings is 1. The Labute approximate surface area is 170 Å². The summed E-state index contributed by atoms with van der Waals surface area (Å²) in [5.41, 5.74) is -0.327. The monoisotopic (exact) mass is 425 g/mol. The van der Waals surface area contributed by atoms with Crippen molar-refractivity contribution < 1.29 is 22.8 Å². The van der Waals surface area contributed by atoms with Crippen LogP contribution in [0.5, 0.6) is 0 Å². The second kappa shape index (κ2) is 7.59. The van der Waals surface area contributed by atoms with Crippen LogP contribution >= 0.6 is 11.3 Å². The Kier molecular flexibility index (Phi) is 5.27. The fraction of sp³-hybridized carbons (Fsp3) is 0.550. The molecule has 2 aromatic heterocycles. The van der Waals surface area contributed by atoms with Gasteiger partial charge in [-0.05, 0) is 56.2 Å². The highest BCUT2D eigenvalue weighted by atomic mass is 32.1. The molecule has 29 heavy (non-hydrogen) atoms. The average molecular weight is 425 g/mol. The van der Waals surface area contributed by atoms with Crippen LogP contribution in [0.25, 0.3) is 10.2 Å². The maximum Gasteiger partial charge on any atom is 0.433 e. The molecule has 2 fully saturated rings. The van der Waals surface area contributed by atoms with Gasteiger partial charge in [-0.25, -0.2) is 4.98 Å². The van der Waals surface area contributed by atoms with Crippen LogP contribution in [0.1, 0.15) is 46.6 Å². The Morgan fingerprint density at radius 2 is 2.03 bits per heavy atom. The number of piperidine rings is 1. The van der Waals surface area contributed by atoms with Gasteiger partial charge in [0.1, 0.15) is 10.5 Å². The Balaban J connectivity index is 1.51. The molecule has 0 aromatic carbocycles. The molecule has 2 aliphatic rings. The second-order valence-electron chi connectivity index (χ2n) is 7.88. The molecule has 1 saturated carbocycles. The van der Waals surface area contributed by atoms with Crippen LogP contribution in [0, 0.1) is 18.8 Å². The molecular formula is C20H22F3N3O2S. The highest BCUT2D eigenvalue weighted by Gasteiger charge is 2.34. The van der Waals surface area contributed by atoms with Gasteiger partial charge in [0.2, 0.25) is 5.91 Å². The Morgan fingerprint density at radius 3 is 2.72 bits per heavy atom. The number of fused-ring (bicyclic) bond motifs is 1. The Hall–Kier alpha value is -2.16. The first-order valence-corrected chi connectivity index (χ1v) is 10.6. The van der Waals surface area contributed by atoms with Crippen LogP contribution < -0.4 is 5.32 Å². The molecular weight excluding hydrogens is 403 g/mol. The normalized spacial score (nSPS) is 20.1. The number of carbonyl (C=O) groups is 2. The van der Waals surface area contributed by atoms with E-state index >= 15 is 0 Å². The van der Waals surface area contributed by atoms with Crippen LogP contribution in [-0.4, -0.2) is 41.3 Å². The van der Waals surface area contributed by atoms with Crippen molar-refractivity contribution in [2.75, 3.05) is 19.6 Å². The SMILES string of the molecule is Cc1c(C(=O)N2CCCC(C(=O)NCC3CC3)C2)sc2nc(C(F)(F)F)ccc12. The molecule has 1 atom stereocenters. The average Bonchev–Trinajstić information content (AvgIpc) is 3.47. The van der Waals surface area contributed by atoms with Crippen LogP contribution in [0.15, 0.2) is 12.1 Å². The minimum atomic E-state index is -4.52. The minimum absolute atomic E-state index is 0.0149. The van der Waals surface area contributed by atoms with Crippen molar-refractivity contribution in [3.63, 3.8) is 0 Å². The van der Waals surface area contributed by atoms with Crippen LogP contribution in [-0.2, 0) is 11.0 Å². The fourth-order valence-electron chi connectivity index (χ4n) is 3.69. The lowest BCUT2D eigenvalue weighted by Crippen LogP contribution is -2.45. The summed E-state index contributed by atoms with van der Waals surface area (Å²) >= 11 is 0.985. The third-order valence-electron chi connectivity index (χ3n) is 5.63. The maximum absolute atomic E-state index is 13.1. The molecule has 1 unspecified atom stereocenters. The molecule has 1 saturated heterocycles. The number of alkyl halides is 3. The molecule has 4 rings (SSSR count). The van der Waals surface area contributed by atoms with E-state index in [2.05, 4.69) is 10.3 Å². The van der Waals surface area contributed by atoms with Crippen molar-refractivity contribution in [1.82, 2.24) is 15.2 Å². The molecule has 0 bridgehead atoms. The van der Waals surface area contributed by atoms with Crippen LogP contribution in [0.4, 0.5) is 13.2 Å². The lowest BCUT2D eigenvalue weighted by molar-refractivity contribution is -0.141. The van der Waals surface area contributed by atoms with E-state index in [1.54, 1.807) is 11.8 Å². The number of amides is 2. The highest BCUT2D eigenvalue weighted by Crippen LogP contribution is 2.35. The van der Waals surface area contributed by atoms with Crippen molar-refractivity contribution in [1.29, 1.82) is 0 Å². The molecule has 9 heteroatoms. The zero-order valence-electron chi connectivity index (χ0n) is 16.0. The first-order valence-electron chi connectivity index (χ1n) is 9.78. The summed E-state index contributed by atoms with van der Waals surface area (Å²) in [7, 11) is 0. The molecule has 2 aromatic rings. The number of halogens is 3. The number of hydrogen-bond acceptors (Lipinski definition) is 4. The number of likely N-dealkylation sites (tertiary alicyclic amines) is 1. The lowest BCUT2D eigenvalue weighted by atomic mass is 9.96. The summed E-state index contributed by atoms with van der Waals surface area (Å²) in [4.78, 5) is 31.4. The third-order valence-corrected chi connectivity index (χ3v) is 6.82. The molecule has 0 spiro atoms. The predicted molar refractivity (Wildman–Crippen MR) is 104 cm³/mol. The summed E-state index contributed by atoms with van der Waals surface area (Å²) in [6.07, 6.45) is -0.740. The van der Waals surface area contributed by atoms with E-state index in [4.69, 9.17) is 0 Å². The topological polar surface area (TPSA) is 62.3 Å². The molecule has 5 nitrogen and oxygen atoms in total. The lowest BCUT2D eigenvalue weighted by Gasteiger charge is -2.32. The van der Waals surface area contributed by atoms with Crippen molar-refractivity contribution in [2.24, 2.45) is 11.8 Å². The standard InChI is InChI=1S/C20H22F3N3O2S/c1-11-14-6-7-15(20(21,22)23)25-18(14)29-16(11)19(28)26-8-2-3-13(10-26)17(27)24-9-12-4-5-12/h6-7,12-13H,2-5,8-10H2,1H3,(H,24,27). The molecule has 0 radical (unpaired) electrons. The zero-order chi connectivity index (χ0) is 20.8. The van der Waals surface area contributed by atoms with Gasteiger partial charge >= 0.3 is 6.18 Å². The van der Waals surface area contributed by atoms with Gasteiger partial charge < -0.3 is 10.2 Å². The summed E-state index contributed by atoms with van der Waals surface area (Å²) in [5.74, 6) is 0.101. The van der Waals surface area contributed by atoms with Gasteiger partial charge in [0.25, 0.3) is 5.91 Å². The largest absolute Gasteiger partial charge is 0.433 e. The first kappa shape index (κ1) is 20.1. The van der Waals surface area contributed by atoms with E-state index in [1.807, 2.05) is 0 Å². The molecule has 156 valence electrons. The summed E-state index contributed by atoms with van der Waals surface area (Å²) < 4.78 is 38.8. The first-order chi connectivity index (χ1) is 13.7. The third kappa shape index (κ3) is 4.24. The van der Waals surface area contributed by atoms with Crippen LogP contribution in [0.3, 0.4) is 0 Å². The van der Waals surface area contributed by atoms with Crippen molar-refractivity contribution in [2.45, 2.75) is 38.8 Å². The second-order valence-corrected chi connectivity index (χ2v) is 8.88. The van der Waals surface area contributed by atoms with E-state index in [9.17, 15) is 22.8 Å². The number of rotatable bonds is 4. The highest BCUT2D eigenvalue weighted by molar-refractivity contribution is 7.20. The van der Waals surface area contributed by atoms with Gasteiger partial charge in [-0.15, -0.1) is 11.3 Å². The molecule has 1 N–H and O–H groups in total. The van der Waals surface area contributed by atoms with Gasteiger partial charge in [-0.2, -0.15) is 13.2 Å². The predicted octanol–water partition coefficient (Wildman–Crippen LogP) is 4.00. The Morgan fingerprint density at radius 1 is 1.28 bits per heavy atom. The maximum atomic E-state index is 13.1. The number of nitrogens with zero attached hydrogens (tertiary/aromatic N) is 2. The molecule has 3 heterocycles. The number of aromatic nitrogens is 1. The fourth-order valence-corrected chi connectivity index (χ4v) is 4.84. The number of aryl methyl sites for hydroxylation is 1. The number of carbonyl (C=O) groups excluding carboxylic acids is 2. The van der Waals surface area contributed by atoms with Crippen molar-refractivity contribution in [3.8, 4) is 0 Å². The quantitative estimate of drug-likeness (QED) is 0.805. The van der Waals surface area contributed by atoms with Gasteiger partial charge in [0.05, 0.1) is 10.8 Å². The van der Waals surface area contributed by atoms with E-state index in [1.165, 1.54) is 6.07 Å². The van der Waals surface area contributed by atoms with E-state index in [-0.39, 0.29) is 22.6 Å². The smallest absolute Gasteiger partial charge is 0.356 e.